The summed E-state index contributed by atoms with van der Waals surface area (Å²) in [5, 5.41) is 0. The van der Waals surface area contributed by atoms with Gasteiger partial charge in [0.25, 0.3) is 43.6 Å². The summed E-state index contributed by atoms with van der Waals surface area (Å²) in [5.74, 6) is 0. The first-order valence-electron chi connectivity index (χ1n) is 6.53. The third kappa shape index (κ3) is 3.75. The molecule has 0 saturated heterocycles. The predicted octanol–water partition coefficient (Wildman–Crippen LogP) is -0.00770. The highest BCUT2D eigenvalue weighted by atomic mass is 32.3. The molecular formula is C7H6F12N2O8S4. The number of sulfone groups is 4. The molecule has 0 atom stereocenters. The molecule has 0 bridgehead atoms. The van der Waals surface area contributed by atoms with Gasteiger partial charge >= 0.3 is 22.0 Å². The van der Waals surface area contributed by atoms with Crippen molar-refractivity contribution < 1.29 is 86.4 Å². The second-order valence-corrected chi connectivity index (χ2v) is 14.5. The molecule has 26 heteroatoms. The second kappa shape index (κ2) is 7.69. The summed E-state index contributed by atoms with van der Waals surface area (Å²) in [6.07, 6.45) is 0. The molecule has 0 rings (SSSR count). The van der Waals surface area contributed by atoms with E-state index < -0.39 is 76.2 Å². The molecule has 10 nitrogen and oxygen atoms in total. The maximum Gasteiger partial charge on any atom is 0.500 e. The molecule has 4 N–H and O–H groups in total. The van der Waals surface area contributed by atoms with Gasteiger partial charge in [-0.3, -0.25) is 5.73 Å². The fraction of sp³-hybridized carbons (Fsp3) is 1.00. The maximum atomic E-state index is 13.1. The van der Waals surface area contributed by atoms with Gasteiger partial charge in [0.1, 0.15) is 0 Å². The van der Waals surface area contributed by atoms with Crippen LogP contribution in [-0.2, 0) is 39.3 Å². The molecule has 0 fully saturated rings. The number of rotatable bonds is 6. The molecule has 0 aromatic carbocycles. The summed E-state index contributed by atoms with van der Waals surface area (Å²) in [6.45, 7) is -3.84. The zero-order valence-corrected chi connectivity index (χ0v) is 17.6. The van der Waals surface area contributed by atoms with Crippen LogP contribution in [0.4, 0.5) is 52.7 Å². The minimum absolute atomic E-state index is 3.84. The standard InChI is InChI=1S/C7H6F12N2O8S4/c8-4(9,10)30(22,23)2(1-20,31(24,25)5(11,12)13)3(21,32(26,27)6(14,15)16)33(28,29)7(17,18)19/h1,20-21H2. The van der Waals surface area contributed by atoms with Gasteiger partial charge in [-0.2, -0.15) is 52.7 Å². The topological polar surface area (TPSA) is 189 Å². The molecule has 0 saturated carbocycles. The average molecular weight is 602 g/mol. The minimum Gasteiger partial charge on any atom is -0.328 e. The highest BCUT2D eigenvalue weighted by Crippen LogP contribution is 2.56. The summed E-state index contributed by atoms with van der Waals surface area (Å²) in [5.41, 5.74) is -22.7. The lowest BCUT2D eigenvalue weighted by atomic mass is 10.4. The van der Waals surface area contributed by atoms with Crippen molar-refractivity contribution in [1.82, 2.24) is 0 Å². The number of hydrogen-bond acceptors (Lipinski definition) is 10. The number of hydrogen-bond donors (Lipinski definition) is 2. The van der Waals surface area contributed by atoms with Crippen molar-refractivity contribution in [3.05, 3.63) is 0 Å². The van der Waals surface area contributed by atoms with Gasteiger partial charge in [-0.1, -0.05) is 0 Å². The van der Waals surface area contributed by atoms with E-state index in [4.69, 9.17) is 0 Å². The molecule has 0 heterocycles. The van der Waals surface area contributed by atoms with E-state index in [1.54, 1.807) is 0 Å². The third-order valence-electron chi connectivity index (χ3n) is 3.69. The van der Waals surface area contributed by atoms with Crippen molar-refractivity contribution >= 4 is 39.3 Å². The van der Waals surface area contributed by atoms with Crippen molar-refractivity contribution in [1.29, 1.82) is 0 Å². The van der Waals surface area contributed by atoms with E-state index in [0.29, 0.717) is 0 Å². The largest absolute Gasteiger partial charge is 0.500 e. The van der Waals surface area contributed by atoms with E-state index in [1.165, 1.54) is 0 Å². The SMILES string of the molecule is NCC(C(N)(S(=O)(=O)C(F)(F)F)S(=O)(=O)C(F)(F)F)(S(=O)(=O)C(F)(F)F)S(=O)(=O)C(F)(F)F. The van der Waals surface area contributed by atoms with Crippen molar-refractivity contribution in [2.75, 3.05) is 6.54 Å². The average Bonchev–Trinajstić information content (AvgIpc) is 2.50. The number of nitrogens with two attached hydrogens (primary N) is 2. The van der Waals surface area contributed by atoms with Crippen LogP contribution < -0.4 is 11.5 Å². The quantitative estimate of drug-likeness (QED) is 0.392. The minimum atomic E-state index is -9.00. The molecule has 0 aromatic rings. The van der Waals surface area contributed by atoms with E-state index in [2.05, 4.69) is 11.5 Å². The molecule has 0 spiro atoms. The van der Waals surface area contributed by atoms with E-state index in [9.17, 15) is 86.4 Å². The first-order chi connectivity index (χ1) is 13.8. The number of alkyl halides is 12. The maximum absolute atomic E-state index is 13.1. The molecule has 0 radical (unpaired) electrons. The fourth-order valence-electron chi connectivity index (χ4n) is 2.15. The van der Waals surface area contributed by atoms with Gasteiger partial charge in [0, 0.05) is 6.54 Å². The van der Waals surface area contributed by atoms with E-state index in [0.717, 1.165) is 0 Å². The lowest BCUT2D eigenvalue weighted by molar-refractivity contribution is -0.0555. The Bertz CT molecular complexity index is 1120. The Balaban J connectivity index is 9.07. The highest BCUT2D eigenvalue weighted by Gasteiger charge is 2.90. The van der Waals surface area contributed by atoms with Crippen molar-refractivity contribution in [3.8, 4) is 0 Å². The first-order valence-corrected chi connectivity index (χ1v) is 12.5. The van der Waals surface area contributed by atoms with Crippen LogP contribution in [-0.4, -0.2) is 70.5 Å². The van der Waals surface area contributed by atoms with Crippen LogP contribution in [0.5, 0.6) is 0 Å². The molecule has 0 aliphatic carbocycles. The van der Waals surface area contributed by atoms with Gasteiger partial charge in [-0.05, 0) is 0 Å². The molecule has 0 aliphatic heterocycles. The Labute approximate surface area is 174 Å². The fourth-order valence-corrected chi connectivity index (χ4v) is 11.8. The second-order valence-electron chi connectivity index (χ2n) is 5.42. The highest BCUT2D eigenvalue weighted by molar-refractivity contribution is 8.18. The Kier molecular flexibility index (Phi) is 7.43. The van der Waals surface area contributed by atoms with Crippen LogP contribution in [0, 0.1) is 0 Å². The van der Waals surface area contributed by atoms with Crippen LogP contribution in [0.15, 0.2) is 0 Å². The molecule has 200 valence electrons. The van der Waals surface area contributed by atoms with Crippen LogP contribution in [0.3, 0.4) is 0 Å². The Morgan fingerprint density at radius 3 is 0.758 bits per heavy atom. The van der Waals surface area contributed by atoms with Gasteiger partial charge < -0.3 is 5.73 Å². The zero-order valence-electron chi connectivity index (χ0n) is 14.3. The summed E-state index contributed by atoms with van der Waals surface area (Å²) in [6, 6.07) is 0. The van der Waals surface area contributed by atoms with Gasteiger partial charge in [0.05, 0.1) is 0 Å². The third-order valence-corrected chi connectivity index (χ3v) is 14.3. The molecule has 33 heavy (non-hydrogen) atoms. The van der Waals surface area contributed by atoms with Gasteiger partial charge in [-0.15, -0.1) is 0 Å². The Morgan fingerprint density at radius 2 is 0.636 bits per heavy atom. The zero-order chi connectivity index (χ0) is 27.7. The van der Waals surface area contributed by atoms with Gasteiger partial charge in [0.2, 0.25) is 4.08 Å². The monoisotopic (exact) mass is 602 g/mol. The Morgan fingerprint density at radius 1 is 0.455 bits per heavy atom. The van der Waals surface area contributed by atoms with Crippen LogP contribution in [0.2, 0.25) is 0 Å². The normalized spacial score (nSPS) is 16.7. The van der Waals surface area contributed by atoms with Crippen LogP contribution in [0.1, 0.15) is 0 Å². The van der Waals surface area contributed by atoms with E-state index in [-0.39, 0.29) is 0 Å². The van der Waals surface area contributed by atoms with Crippen molar-refractivity contribution in [3.63, 3.8) is 0 Å². The van der Waals surface area contributed by atoms with Gasteiger partial charge in [-0.25, -0.2) is 33.7 Å². The molecule has 0 aliphatic rings. The summed E-state index contributed by atoms with van der Waals surface area (Å²) >= 11 is 0. The summed E-state index contributed by atoms with van der Waals surface area (Å²) in [7, 11) is -35.9. The van der Waals surface area contributed by atoms with Crippen LogP contribution >= 0.6 is 0 Å². The lowest BCUT2D eigenvalue weighted by Crippen LogP contribution is -2.82. The first kappa shape index (κ1) is 31.9. The van der Waals surface area contributed by atoms with E-state index in [1.807, 2.05) is 0 Å². The molecule has 0 aromatic heterocycles. The van der Waals surface area contributed by atoms with E-state index >= 15 is 0 Å². The van der Waals surface area contributed by atoms with Crippen LogP contribution in [0.25, 0.3) is 0 Å². The Hall–Kier alpha value is -1.12. The van der Waals surface area contributed by atoms with Crippen molar-refractivity contribution in [2.24, 2.45) is 11.5 Å². The van der Waals surface area contributed by atoms with Gasteiger partial charge in [0.15, 0.2) is 0 Å². The summed E-state index contributed by atoms with van der Waals surface area (Å²) < 4.78 is 235. The predicted molar refractivity (Wildman–Crippen MR) is 78.6 cm³/mol. The molecular weight excluding hydrogens is 596 g/mol. The summed E-state index contributed by atoms with van der Waals surface area (Å²) in [4.78, 5) is 0. The molecule has 0 amide bonds. The smallest absolute Gasteiger partial charge is 0.328 e. The van der Waals surface area contributed by atoms with Crippen molar-refractivity contribution in [2.45, 2.75) is 30.3 Å². The molecule has 0 unspecified atom stereocenters. The number of halogens is 12. The lowest BCUT2D eigenvalue weighted by Gasteiger charge is -2.43.